The number of carbonyl (C=O) groups is 3. The number of nitrogens with one attached hydrogen (secondary N) is 2. The molecule has 2 aromatic carbocycles. The summed E-state index contributed by atoms with van der Waals surface area (Å²) in [6, 6.07) is 16.3. The van der Waals surface area contributed by atoms with Gasteiger partial charge in [0.25, 0.3) is 0 Å². The van der Waals surface area contributed by atoms with Crippen molar-refractivity contribution < 1.29 is 24.2 Å². The Hall–Kier alpha value is -3.35. The Balaban J connectivity index is 1.24. The molecule has 0 saturated heterocycles. The zero-order valence-electron chi connectivity index (χ0n) is 18.8. The highest BCUT2D eigenvalue weighted by Crippen LogP contribution is 2.44. The first-order valence-electron chi connectivity index (χ1n) is 11.5. The van der Waals surface area contributed by atoms with Gasteiger partial charge in [-0.3, -0.25) is 9.59 Å². The van der Waals surface area contributed by atoms with E-state index < -0.39 is 18.0 Å². The summed E-state index contributed by atoms with van der Waals surface area (Å²) in [6.07, 6.45) is 1.78. The van der Waals surface area contributed by atoms with Gasteiger partial charge in [-0.05, 0) is 41.0 Å². The first-order chi connectivity index (χ1) is 16.0. The molecule has 0 spiro atoms. The van der Waals surface area contributed by atoms with Crippen molar-refractivity contribution in [3.8, 4) is 11.1 Å². The van der Waals surface area contributed by atoms with Crippen LogP contribution in [0.2, 0.25) is 0 Å². The number of hydrogen-bond donors (Lipinski definition) is 3. The summed E-state index contributed by atoms with van der Waals surface area (Å²) in [4.78, 5) is 36.0. The number of hydrogen-bond acceptors (Lipinski definition) is 4. The fourth-order valence-corrected chi connectivity index (χ4v) is 4.99. The van der Waals surface area contributed by atoms with Gasteiger partial charge in [-0.2, -0.15) is 0 Å². The van der Waals surface area contributed by atoms with Crippen LogP contribution in [-0.4, -0.2) is 42.8 Å². The molecule has 174 valence electrons. The van der Waals surface area contributed by atoms with Crippen molar-refractivity contribution in [1.82, 2.24) is 10.6 Å². The third-order valence-electron chi connectivity index (χ3n) is 6.86. The predicted octanol–water partition coefficient (Wildman–Crippen LogP) is 3.78. The van der Waals surface area contributed by atoms with Crippen molar-refractivity contribution in [3.05, 3.63) is 59.7 Å². The fourth-order valence-electron chi connectivity index (χ4n) is 4.99. The average Bonchev–Trinajstić information content (AvgIpc) is 3.42. The Bertz CT molecular complexity index is 991. The number of carboxylic acid groups (broad SMARTS) is 1. The molecule has 2 aromatic rings. The second-order valence-electron chi connectivity index (χ2n) is 8.99. The number of aliphatic carboxylic acids is 1. The van der Waals surface area contributed by atoms with Crippen LogP contribution in [-0.2, 0) is 14.3 Å². The van der Waals surface area contributed by atoms with E-state index in [4.69, 9.17) is 4.74 Å². The van der Waals surface area contributed by atoms with Crippen molar-refractivity contribution in [2.24, 2.45) is 17.8 Å². The van der Waals surface area contributed by atoms with Crippen molar-refractivity contribution in [1.29, 1.82) is 0 Å². The zero-order valence-corrected chi connectivity index (χ0v) is 18.8. The largest absolute Gasteiger partial charge is 0.481 e. The Morgan fingerprint density at radius 3 is 2.27 bits per heavy atom. The monoisotopic (exact) mass is 450 g/mol. The van der Waals surface area contributed by atoms with Gasteiger partial charge in [0.1, 0.15) is 6.61 Å². The van der Waals surface area contributed by atoms with E-state index >= 15 is 0 Å². The van der Waals surface area contributed by atoms with E-state index in [-0.39, 0.29) is 36.8 Å². The highest BCUT2D eigenvalue weighted by atomic mass is 16.5. The Morgan fingerprint density at radius 1 is 1.00 bits per heavy atom. The van der Waals surface area contributed by atoms with E-state index in [1.54, 1.807) is 6.92 Å². The molecule has 3 atom stereocenters. The lowest BCUT2D eigenvalue weighted by atomic mass is 9.96. The van der Waals surface area contributed by atoms with Gasteiger partial charge < -0.3 is 20.5 Å². The second kappa shape index (κ2) is 10.1. The molecule has 0 aromatic heterocycles. The van der Waals surface area contributed by atoms with Crippen LogP contribution in [0.1, 0.15) is 43.2 Å². The summed E-state index contributed by atoms with van der Waals surface area (Å²) in [7, 11) is 0. The average molecular weight is 451 g/mol. The minimum absolute atomic E-state index is 0.0162. The van der Waals surface area contributed by atoms with Gasteiger partial charge in [0, 0.05) is 19.0 Å². The summed E-state index contributed by atoms with van der Waals surface area (Å²) in [6.45, 7) is 2.45. The summed E-state index contributed by atoms with van der Waals surface area (Å²) < 4.78 is 5.50. The molecule has 1 fully saturated rings. The fraction of sp³-hybridized carbons (Fsp3) is 0.423. The maximum Gasteiger partial charge on any atom is 0.407 e. The van der Waals surface area contributed by atoms with Crippen molar-refractivity contribution in [2.75, 3.05) is 19.7 Å². The lowest BCUT2D eigenvalue weighted by Crippen LogP contribution is -2.40. The molecule has 0 aliphatic heterocycles. The van der Waals surface area contributed by atoms with E-state index in [0.717, 1.165) is 24.0 Å². The Kier molecular flexibility index (Phi) is 6.96. The molecule has 3 N–H and O–H groups in total. The number of carbonyl (C=O) groups excluding carboxylic acids is 2. The molecule has 7 heteroatoms. The van der Waals surface area contributed by atoms with Gasteiger partial charge in [0.05, 0.1) is 11.8 Å². The molecule has 0 radical (unpaired) electrons. The van der Waals surface area contributed by atoms with Crippen molar-refractivity contribution in [3.63, 3.8) is 0 Å². The quantitative estimate of drug-likeness (QED) is 0.568. The van der Waals surface area contributed by atoms with E-state index in [2.05, 4.69) is 34.9 Å². The lowest BCUT2D eigenvalue weighted by molar-refractivity contribution is -0.143. The zero-order chi connectivity index (χ0) is 23.4. The molecule has 2 aliphatic carbocycles. The van der Waals surface area contributed by atoms with Crippen LogP contribution >= 0.6 is 0 Å². The van der Waals surface area contributed by atoms with Gasteiger partial charge >= 0.3 is 12.1 Å². The highest BCUT2D eigenvalue weighted by Gasteiger charge is 2.33. The minimum atomic E-state index is -0.795. The van der Waals surface area contributed by atoms with E-state index in [0.29, 0.717) is 13.0 Å². The second-order valence-corrected chi connectivity index (χ2v) is 8.99. The molecular weight excluding hydrogens is 420 g/mol. The molecular formula is C26H30N2O5. The van der Waals surface area contributed by atoms with E-state index in [1.165, 1.54) is 11.1 Å². The standard InChI is InChI=1S/C26H30N2O5/c1-16(24(29)27-14-17-7-6-12-18(17)25(30)31)13-28-26(32)33-15-23-21-10-4-2-8-19(21)20-9-3-5-11-22(20)23/h2-5,8-11,16-18,23H,6-7,12-15H2,1H3,(H,27,29)(H,28,32)(H,30,31). The van der Waals surface area contributed by atoms with Crippen LogP contribution in [0, 0.1) is 17.8 Å². The topological polar surface area (TPSA) is 105 Å². The highest BCUT2D eigenvalue weighted by molar-refractivity contribution is 5.80. The summed E-state index contributed by atoms with van der Waals surface area (Å²) >= 11 is 0. The third kappa shape index (κ3) is 5.02. The minimum Gasteiger partial charge on any atom is -0.481 e. The molecule has 3 unspecified atom stereocenters. The number of alkyl carbamates (subject to hydrolysis) is 1. The molecule has 7 nitrogen and oxygen atoms in total. The van der Waals surface area contributed by atoms with Crippen LogP contribution < -0.4 is 10.6 Å². The molecule has 2 amide bonds. The number of benzene rings is 2. The Morgan fingerprint density at radius 2 is 1.64 bits per heavy atom. The molecule has 4 rings (SSSR count). The maximum atomic E-state index is 12.4. The van der Waals surface area contributed by atoms with Gasteiger partial charge in [0.2, 0.25) is 5.91 Å². The SMILES string of the molecule is CC(CNC(=O)OCC1c2ccccc2-c2ccccc21)C(=O)NCC1CCCC1C(=O)O. The van der Waals surface area contributed by atoms with Crippen molar-refractivity contribution in [2.45, 2.75) is 32.1 Å². The normalized spacial score (nSPS) is 19.9. The molecule has 33 heavy (non-hydrogen) atoms. The van der Waals surface area contributed by atoms with Gasteiger partial charge in [0.15, 0.2) is 0 Å². The first-order valence-corrected chi connectivity index (χ1v) is 11.5. The predicted molar refractivity (Wildman–Crippen MR) is 124 cm³/mol. The molecule has 0 heterocycles. The first kappa shape index (κ1) is 22.8. The number of fused-ring (bicyclic) bond motifs is 3. The maximum absolute atomic E-state index is 12.4. The number of carboxylic acids is 1. The van der Waals surface area contributed by atoms with Crippen LogP contribution in [0.5, 0.6) is 0 Å². The summed E-state index contributed by atoms with van der Waals surface area (Å²) in [5.41, 5.74) is 4.62. The van der Waals surface area contributed by atoms with Crippen LogP contribution in [0.15, 0.2) is 48.5 Å². The summed E-state index contributed by atoms with van der Waals surface area (Å²) in [5.74, 6) is -1.89. The van der Waals surface area contributed by atoms with Gasteiger partial charge in [-0.1, -0.05) is 61.9 Å². The van der Waals surface area contributed by atoms with Crippen molar-refractivity contribution >= 4 is 18.0 Å². The number of amides is 2. The Labute approximate surface area is 193 Å². The molecule has 2 aliphatic rings. The number of ether oxygens (including phenoxy) is 1. The molecule has 1 saturated carbocycles. The van der Waals surface area contributed by atoms with Gasteiger partial charge in [-0.15, -0.1) is 0 Å². The van der Waals surface area contributed by atoms with Crippen LogP contribution in [0.4, 0.5) is 4.79 Å². The van der Waals surface area contributed by atoms with E-state index in [1.807, 2.05) is 24.3 Å². The van der Waals surface area contributed by atoms with Gasteiger partial charge in [-0.25, -0.2) is 4.79 Å². The van der Waals surface area contributed by atoms with E-state index in [9.17, 15) is 19.5 Å². The van der Waals surface area contributed by atoms with Crippen LogP contribution in [0.3, 0.4) is 0 Å². The smallest absolute Gasteiger partial charge is 0.407 e. The lowest BCUT2D eigenvalue weighted by Gasteiger charge is -2.19. The summed E-state index contributed by atoms with van der Waals surface area (Å²) in [5, 5.41) is 14.8. The molecule has 0 bridgehead atoms. The third-order valence-corrected chi connectivity index (χ3v) is 6.86. The number of rotatable bonds is 8. The van der Waals surface area contributed by atoms with Crippen LogP contribution in [0.25, 0.3) is 11.1 Å².